The smallest absolute Gasteiger partial charge is 0.180 e. The molecular weight excluding hydrogens is 256 g/mol. The van der Waals surface area contributed by atoms with Crippen LogP contribution in [0.5, 0.6) is 5.75 Å². The highest BCUT2D eigenvalue weighted by Gasteiger charge is 2.20. The van der Waals surface area contributed by atoms with Crippen LogP contribution in [0.4, 0.5) is 5.82 Å². The van der Waals surface area contributed by atoms with Gasteiger partial charge in [-0.25, -0.2) is 0 Å². The number of hydrogen-bond donors (Lipinski definition) is 1. The van der Waals surface area contributed by atoms with Crippen molar-refractivity contribution in [1.29, 1.82) is 0 Å². The topological polar surface area (TPSA) is 87.1 Å². The minimum absolute atomic E-state index is 0.324. The summed E-state index contributed by atoms with van der Waals surface area (Å²) in [6, 6.07) is 5.49. The number of nitrogens with zero attached hydrogens (tertiary/aromatic N) is 3. The van der Waals surface area contributed by atoms with Gasteiger partial charge in [0.15, 0.2) is 11.6 Å². The number of methoxy groups -OCH3 is 1. The van der Waals surface area contributed by atoms with E-state index in [9.17, 15) is 0 Å². The third-order valence-electron chi connectivity index (χ3n) is 2.94. The Morgan fingerprint density at radius 2 is 1.85 bits per heavy atom. The van der Waals surface area contributed by atoms with Gasteiger partial charge in [-0.1, -0.05) is 5.16 Å². The van der Waals surface area contributed by atoms with Crippen LogP contribution in [0.1, 0.15) is 0 Å². The summed E-state index contributed by atoms with van der Waals surface area (Å²) >= 11 is 0. The van der Waals surface area contributed by atoms with Crippen molar-refractivity contribution in [2.24, 2.45) is 0 Å². The second-order valence-corrected chi connectivity index (χ2v) is 4.08. The Labute approximate surface area is 115 Å². The second kappa shape index (κ2) is 5.00. The van der Waals surface area contributed by atoms with Gasteiger partial charge in [-0.05, 0) is 23.8 Å². The molecule has 20 heavy (non-hydrogen) atoms. The Bertz CT molecular complexity index is 725. The zero-order valence-corrected chi connectivity index (χ0v) is 10.8. The Morgan fingerprint density at radius 3 is 2.60 bits per heavy atom. The number of nitrogens with two attached hydrogens (primary N) is 1. The van der Waals surface area contributed by atoms with Crippen LogP contribution < -0.4 is 10.5 Å². The van der Waals surface area contributed by atoms with Crippen LogP contribution >= 0.6 is 0 Å². The minimum Gasteiger partial charge on any atom is -0.494 e. The molecule has 0 saturated carbocycles. The van der Waals surface area contributed by atoms with Crippen molar-refractivity contribution in [3.8, 4) is 28.2 Å². The predicted octanol–water partition coefficient (Wildman–Crippen LogP) is 2.39. The fraction of sp³-hybridized carbons (Fsp3) is 0.0714. The molecule has 0 fully saturated rings. The maximum atomic E-state index is 5.92. The lowest BCUT2D eigenvalue weighted by molar-refractivity contribution is 0.405. The van der Waals surface area contributed by atoms with Crippen LogP contribution in [0, 0.1) is 0 Å². The molecule has 0 atom stereocenters. The van der Waals surface area contributed by atoms with Crippen LogP contribution in [0.2, 0.25) is 0 Å². The SMILES string of the molecule is COc1cnccc1-c1onc(N)c1-c1ccncc1. The fourth-order valence-electron chi connectivity index (χ4n) is 2.01. The summed E-state index contributed by atoms with van der Waals surface area (Å²) in [6.07, 6.45) is 6.65. The van der Waals surface area contributed by atoms with Crippen LogP contribution in [0.3, 0.4) is 0 Å². The maximum absolute atomic E-state index is 5.92. The lowest BCUT2D eigenvalue weighted by Gasteiger charge is -2.06. The van der Waals surface area contributed by atoms with E-state index < -0.39 is 0 Å². The van der Waals surface area contributed by atoms with E-state index in [1.807, 2.05) is 12.1 Å². The summed E-state index contributed by atoms with van der Waals surface area (Å²) in [4.78, 5) is 8.02. The van der Waals surface area contributed by atoms with Crippen molar-refractivity contribution in [2.75, 3.05) is 12.8 Å². The van der Waals surface area contributed by atoms with Crippen LogP contribution in [-0.4, -0.2) is 22.2 Å². The first-order chi connectivity index (χ1) is 9.81. The summed E-state index contributed by atoms with van der Waals surface area (Å²) in [7, 11) is 1.58. The molecule has 0 radical (unpaired) electrons. The molecule has 3 aromatic heterocycles. The van der Waals surface area contributed by atoms with E-state index in [-0.39, 0.29) is 0 Å². The fourth-order valence-corrected chi connectivity index (χ4v) is 2.01. The third-order valence-corrected chi connectivity index (χ3v) is 2.94. The van der Waals surface area contributed by atoms with Crippen LogP contribution in [0.25, 0.3) is 22.5 Å². The van der Waals surface area contributed by atoms with Crippen molar-refractivity contribution in [3.63, 3.8) is 0 Å². The van der Waals surface area contributed by atoms with Gasteiger partial charge < -0.3 is 15.0 Å². The molecule has 0 aliphatic carbocycles. The molecule has 0 spiro atoms. The zero-order valence-electron chi connectivity index (χ0n) is 10.8. The molecule has 0 unspecified atom stereocenters. The van der Waals surface area contributed by atoms with Gasteiger partial charge in [0.25, 0.3) is 0 Å². The highest BCUT2D eigenvalue weighted by Crippen LogP contribution is 2.39. The number of aromatic nitrogens is 3. The van der Waals surface area contributed by atoms with Gasteiger partial charge in [0.2, 0.25) is 0 Å². The number of hydrogen-bond acceptors (Lipinski definition) is 6. The van der Waals surface area contributed by atoms with Crippen LogP contribution in [-0.2, 0) is 0 Å². The number of anilines is 1. The van der Waals surface area contributed by atoms with E-state index in [2.05, 4.69) is 15.1 Å². The Balaban J connectivity index is 2.22. The van der Waals surface area contributed by atoms with Crippen LogP contribution in [0.15, 0.2) is 47.5 Å². The molecule has 3 rings (SSSR count). The van der Waals surface area contributed by atoms with E-state index in [1.54, 1.807) is 38.0 Å². The molecule has 6 heteroatoms. The molecule has 2 N–H and O–H groups in total. The standard InChI is InChI=1S/C14H12N4O2/c1-19-11-8-17-7-4-10(11)13-12(14(15)18-20-13)9-2-5-16-6-3-9/h2-8H,1H3,(H2,15,18). The highest BCUT2D eigenvalue weighted by atomic mass is 16.5. The molecule has 6 nitrogen and oxygen atoms in total. The monoisotopic (exact) mass is 268 g/mol. The molecule has 0 aliphatic rings. The van der Waals surface area contributed by atoms with Crippen molar-refractivity contribution >= 4 is 5.82 Å². The van der Waals surface area contributed by atoms with Gasteiger partial charge in [0, 0.05) is 18.6 Å². The number of rotatable bonds is 3. The Morgan fingerprint density at radius 1 is 1.10 bits per heavy atom. The predicted molar refractivity (Wildman–Crippen MR) is 73.9 cm³/mol. The average Bonchev–Trinajstić information content (AvgIpc) is 2.89. The molecule has 0 bridgehead atoms. The highest BCUT2D eigenvalue weighted by molar-refractivity contribution is 5.87. The molecule has 3 aromatic rings. The number of nitrogen functional groups attached to an aromatic ring is 1. The van der Waals surface area contributed by atoms with Crippen molar-refractivity contribution in [2.45, 2.75) is 0 Å². The summed E-state index contributed by atoms with van der Waals surface area (Å²) in [5, 5.41) is 3.85. The molecule has 100 valence electrons. The van der Waals surface area contributed by atoms with Gasteiger partial charge in [-0.3, -0.25) is 9.97 Å². The molecule has 0 amide bonds. The molecular formula is C14H12N4O2. The molecule has 3 heterocycles. The van der Waals surface area contributed by atoms with Gasteiger partial charge in [-0.2, -0.15) is 0 Å². The normalized spacial score (nSPS) is 10.4. The Hall–Kier alpha value is -2.89. The van der Waals surface area contributed by atoms with Gasteiger partial charge in [-0.15, -0.1) is 0 Å². The van der Waals surface area contributed by atoms with E-state index in [0.29, 0.717) is 17.3 Å². The van der Waals surface area contributed by atoms with E-state index in [0.717, 1.165) is 16.7 Å². The molecule has 0 aliphatic heterocycles. The lowest BCUT2D eigenvalue weighted by Crippen LogP contribution is -1.91. The van der Waals surface area contributed by atoms with E-state index in [1.165, 1.54) is 0 Å². The van der Waals surface area contributed by atoms with Gasteiger partial charge in [0.1, 0.15) is 5.75 Å². The van der Waals surface area contributed by atoms with Crippen molar-refractivity contribution in [1.82, 2.24) is 15.1 Å². The maximum Gasteiger partial charge on any atom is 0.180 e. The summed E-state index contributed by atoms with van der Waals surface area (Å²) in [5.41, 5.74) is 8.27. The van der Waals surface area contributed by atoms with E-state index >= 15 is 0 Å². The second-order valence-electron chi connectivity index (χ2n) is 4.08. The van der Waals surface area contributed by atoms with Crippen molar-refractivity contribution in [3.05, 3.63) is 43.0 Å². The van der Waals surface area contributed by atoms with Gasteiger partial charge >= 0.3 is 0 Å². The quantitative estimate of drug-likeness (QED) is 0.784. The minimum atomic E-state index is 0.324. The van der Waals surface area contributed by atoms with Crippen molar-refractivity contribution < 1.29 is 9.26 Å². The number of ether oxygens (including phenoxy) is 1. The average molecular weight is 268 g/mol. The largest absolute Gasteiger partial charge is 0.494 e. The zero-order chi connectivity index (χ0) is 13.9. The molecule has 0 saturated heterocycles. The first kappa shape index (κ1) is 12.2. The Kier molecular flexibility index (Phi) is 3.04. The third kappa shape index (κ3) is 1.97. The molecule has 0 aromatic carbocycles. The summed E-state index contributed by atoms with van der Waals surface area (Å²) in [5.74, 6) is 1.47. The van der Waals surface area contributed by atoms with E-state index in [4.69, 9.17) is 15.0 Å². The first-order valence-corrected chi connectivity index (χ1v) is 5.95. The summed E-state index contributed by atoms with van der Waals surface area (Å²) in [6.45, 7) is 0. The number of pyridine rings is 2. The van der Waals surface area contributed by atoms with Gasteiger partial charge in [0.05, 0.1) is 24.4 Å². The lowest BCUT2D eigenvalue weighted by atomic mass is 10.0. The first-order valence-electron chi connectivity index (χ1n) is 5.95. The summed E-state index contributed by atoms with van der Waals surface area (Å²) < 4.78 is 10.7.